The van der Waals surface area contributed by atoms with Crippen LogP contribution in [0.25, 0.3) is 0 Å². The number of hydrogen-bond acceptors (Lipinski definition) is 2. The lowest BCUT2D eigenvalue weighted by Crippen LogP contribution is -2.50. The highest BCUT2D eigenvalue weighted by Crippen LogP contribution is 2.34. The molecule has 2 rings (SSSR count). The van der Waals surface area contributed by atoms with E-state index in [1.807, 2.05) is 18.2 Å². The third kappa shape index (κ3) is 3.32. The standard InChI is InChI=1S/C17H27NOS/c1-5-18-15-11-12(2)10-14(4)17(15)20(19)16-9-7-6-8-13(16)3/h6-9,12,14-15,17-18H,5,10-11H2,1-4H3. The van der Waals surface area contributed by atoms with E-state index in [0.717, 1.165) is 29.3 Å². The van der Waals surface area contributed by atoms with E-state index in [0.29, 0.717) is 12.0 Å². The van der Waals surface area contributed by atoms with Crippen LogP contribution in [0.4, 0.5) is 0 Å². The molecule has 1 aliphatic rings. The maximum absolute atomic E-state index is 13.1. The van der Waals surface area contributed by atoms with E-state index in [-0.39, 0.29) is 5.25 Å². The van der Waals surface area contributed by atoms with Crippen LogP contribution in [0, 0.1) is 18.8 Å². The quantitative estimate of drug-likeness (QED) is 0.920. The van der Waals surface area contributed by atoms with Gasteiger partial charge in [-0.2, -0.15) is 0 Å². The predicted molar refractivity (Wildman–Crippen MR) is 86.4 cm³/mol. The molecule has 1 fully saturated rings. The van der Waals surface area contributed by atoms with Crippen molar-refractivity contribution in [1.29, 1.82) is 0 Å². The van der Waals surface area contributed by atoms with Crippen molar-refractivity contribution in [1.82, 2.24) is 5.32 Å². The Hall–Kier alpha value is -0.670. The van der Waals surface area contributed by atoms with Crippen LogP contribution in [0.3, 0.4) is 0 Å². The fraction of sp³-hybridized carbons (Fsp3) is 0.647. The molecule has 5 unspecified atom stereocenters. The first-order chi connectivity index (χ1) is 9.54. The van der Waals surface area contributed by atoms with Gasteiger partial charge in [-0.25, -0.2) is 0 Å². The second-order valence-electron chi connectivity index (χ2n) is 6.25. The van der Waals surface area contributed by atoms with E-state index in [2.05, 4.69) is 39.1 Å². The summed E-state index contributed by atoms with van der Waals surface area (Å²) in [4.78, 5) is 1.02. The molecule has 0 aromatic heterocycles. The van der Waals surface area contributed by atoms with E-state index >= 15 is 0 Å². The van der Waals surface area contributed by atoms with Gasteiger partial charge in [-0.15, -0.1) is 0 Å². The summed E-state index contributed by atoms with van der Waals surface area (Å²) >= 11 is 0. The molecule has 0 saturated heterocycles. The highest BCUT2D eigenvalue weighted by molar-refractivity contribution is 7.85. The molecule has 1 aromatic carbocycles. The molecule has 0 bridgehead atoms. The number of benzene rings is 1. The van der Waals surface area contributed by atoms with Gasteiger partial charge in [-0.3, -0.25) is 4.21 Å². The maximum atomic E-state index is 13.1. The van der Waals surface area contributed by atoms with Crippen LogP contribution < -0.4 is 5.32 Å². The van der Waals surface area contributed by atoms with Crippen molar-refractivity contribution in [3.8, 4) is 0 Å². The molecule has 1 aromatic rings. The minimum absolute atomic E-state index is 0.229. The average Bonchev–Trinajstić information content (AvgIpc) is 2.38. The third-order valence-corrected chi connectivity index (χ3v) is 6.59. The molecule has 5 atom stereocenters. The lowest BCUT2D eigenvalue weighted by molar-refractivity contribution is 0.248. The summed E-state index contributed by atoms with van der Waals surface area (Å²) in [6, 6.07) is 8.48. The Bertz CT molecular complexity index is 474. The molecular formula is C17H27NOS. The smallest absolute Gasteiger partial charge is 0.0582 e. The molecule has 0 heterocycles. The minimum Gasteiger partial charge on any atom is -0.313 e. The Balaban J connectivity index is 2.27. The molecule has 0 amide bonds. The summed E-state index contributed by atoms with van der Waals surface area (Å²) in [6.07, 6.45) is 2.32. The van der Waals surface area contributed by atoms with Crippen LogP contribution in [-0.2, 0) is 10.8 Å². The highest BCUT2D eigenvalue weighted by atomic mass is 32.2. The minimum atomic E-state index is -0.921. The predicted octanol–water partition coefficient (Wildman–Crippen LogP) is 3.52. The van der Waals surface area contributed by atoms with Crippen molar-refractivity contribution in [3.63, 3.8) is 0 Å². The Morgan fingerprint density at radius 3 is 2.60 bits per heavy atom. The summed E-state index contributed by atoms with van der Waals surface area (Å²) in [5.41, 5.74) is 1.15. The second-order valence-corrected chi connectivity index (χ2v) is 7.82. The molecule has 20 heavy (non-hydrogen) atoms. The van der Waals surface area contributed by atoms with Crippen molar-refractivity contribution in [2.24, 2.45) is 11.8 Å². The molecule has 2 nitrogen and oxygen atoms in total. The van der Waals surface area contributed by atoms with Crippen molar-refractivity contribution in [2.45, 2.75) is 56.7 Å². The van der Waals surface area contributed by atoms with Gasteiger partial charge >= 0.3 is 0 Å². The topological polar surface area (TPSA) is 29.1 Å². The summed E-state index contributed by atoms with van der Waals surface area (Å²) < 4.78 is 13.1. The van der Waals surface area contributed by atoms with Gasteiger partial charge < -0.3 is 5.32 Å². The fourth-order valence-electron chi connectivity index (χ4n) is 3.58. The zero-order valence-electron chi connectivity index (χ0n) is 13.1. The van der Waals surface area contributed by atoms with Gasteiger partial charge in [0.25, 0.3) is 0 Å². The fourth-order valence-corrected chi connectivity index (χ4v) is 5.51. The van der Waals surface area contributed by atoms with Gasteiger partial charge in [-0.05, 0) is 49.8 Å². The van der Waals surface area contributed by atoms with E-state index in [9.17, 15) is 4.21 Å². The molecule has 3 heteroatoms. The Morgan fingerprint density at radius 2 is 1.95 bits per heavy atom. The molecule has 1 N–H and O–H groups in total. The van der Waals surface area contributed by atoms with Crippen LogP contribution in [0.1, 0.15) is 39.2 Å². The van der Waals surface area contributed by atoms with Gasteiger partial charge in [0, 0.05) is 10.9 Å². The average molecular weight is 293 g/mol. The number of rotatable bonds is 4. The molecule has 0 spiro atoms. The third-order valence-electron chi connectivity index (χ3n) is 4.41. The van der Waals surface area contributed by atoms with Crippen molar-refractivity contribution < 1.29 is 4.21 Å². The first kappa shape index (κ1) is 15.7. The van der Waals surface area contributed by atoms with Crippen molar-refractivity contribution >= 4 is 10.8 Å². The van der Waals surface area contributed by atoms with Gasteiger partial charge in [0.15, 0.2) is 0 Å². The summed E-state index contributed by atoms with van der Waals surface area (Å²) in [6.45, 7) is 9.73. The van der Waals surface area contributed by atoms with Crippen molar-refractivity contribution in [3.05, 3.63) is 29.8 Å². The Kier molecular flexibility index (Phi) is 5.39. The summed E-state index contributed by atoms with van der Waals surface area (Å²) in [5, 5.41) is 3.80. The Labute approximate surface area is 125 Å². The summed E-state index contributed by atoms with van der Waals surface area (Å²) in [7, 11) is -0.921. The molecular weight excluding hydrogens is 266 g/mol. The summed E-state index contributed by atoms with van der Waals surface area (Å²) in [5.74, 6) is 1.22. The molecule has 1 aliphatic carbocycles. The monoisotopic (exact) mass is 293 g/mol. The second kappa shape index (κ2) is 6.86. The number of hydrogen-bond donors (Lipinski definition) is 1. The first-order valence-electron chi connectivity index (χ1n) is 7.74. The molecule has 1 saturated carbocycles. The van der Waals surface area contributed by atoms with Gasteiger partial charge in [-0.1, -0.05) is 39.0 Å². The normalized spacial score (nSPS) is 32.0. The molecule has 112 valence electrons. The zero-order valence-corrected chi connectivity index (χ0v) is 13.9. The molecule has 0 aliphatic heterocycles. The largest absolute Gasteiger partial charge is 0.313 e. The Morgan fingerprint density at radius 1 is 1.25 bits per heavy atom. The van der Waals surface area contributed by atoms with Crippen molar-refractivity contribution in [2.75, 3.05) is 6.54 Å². The van der Waals surface area contributed by atoms with Crippen LogP contribution in [0.5, 0.6) is 0 Å². The highest BCUT2D eigenvalue weighted by Gasteiger charge is 2.38. The lowest BCUT2D eigenvalue weighted by Gasteiger charge is -2.39. The first-order valence-corrected chi connectivity index (χ1v) is 8.95. The SMILES string of the molecule is CCNC1CC(C)CC(C)C1S(=O)c1ccccc1C. The molecule has 0 radical (unpaired) electrons. The van der Waals surface area contributed by atoms with E-state index in [1.165, 1.54) is 6.42 Å². The maximum Gasteiger partial charge on any atom is 0.0582 e. The van der Waals surface area contributed by atoms with E-state index < -0.39 is 10.8 Å². The van der Waals surface area contributed by atoms with E-state index in [4.69, 9.17) is 0 Å². The van der Waals surface area contributed by atoms with Crippen LogP contribution >= 0.6 is 0 Å². The van der Waals surface area contributed by atoms with E-state index in [1.54, 1.807) is 0 Å². The van der Waals surface area contributed by atoms with Crippen LogP contribution in [0.15, 0.2) is 29.2 Å². The van der Waals surface area contributed by atoms with Crippen LogP contribution in [-0.4, -0.2) is 22.0 Å². The number of nitrogens with one attached hydrogen (secondary N) is 1. The van der Waals surface area contributed by atoms with Gasteiger partial charge in [0.1, 0.15) is 0 Å². The van der Waals surface area contributed by atoms with Gasteiger partial charge in [0.2, 0.25) is 0 Å². The van der Waals surface area contributed by atoms with Crippen LogP contribution in [0.2, 0.25) is 0 Å². The zero-order chi connectivity index (χ0) is 14.7. The van der Waals surface area contributed by atoms with Gasteiger partial charge in [0.05, 0.1) is 16.0 Å². The number of aryl methyl sites for hydroxylation is 1. The lowest BCUT2D eigenvalue weighted by atomic mass is 9.80.